The van der Waals surface area contributed by atoms with Gasteiger partial charge in [0.1, 0.15) is 0 Å². The lowest BCUT2D eigenvalue weighted by molar-refractivity contribution is 0.0988. The van der Waals surface area contributed by atoms with Gasteiger partial charge >= 0.3 is 0 Å². The van der Waals surface area contributed by atoms with E-state index in [0.29, 0.717) is 11.1 Å². The second kappa shape index (κ2) is 9.83. The van der Waals surface area contributed by atoms with Crippen molar-refractivity contribution in [2.75, 3.05) is 0 Å². The second-order valence-electron chi connectivity index (χ2n) is 15.0. The normalized spacial score (nSPS) is 19.1. The molecule has 0 fully saturated rings. The van der Waals surface area contributed by atoms with Crippen molar-refractivity contribution in [3.8, 4) is 0 Å². The first-order valence-electron chi connectivity index (χ1n) is 16.0. The van der Waals surface area contributed by atoms with E-state index in [1.807, 2.05) is 12.2 Å². The van der Waals surface area contributed by atoms with E-state index in [-0.39, 0.29) is 33.4 Å². The maximum Gasteiger partial charge on any atom is 0.197 e. The van der Waals surface area contributed by atoms with E-state index >= 15 is 0 Å². The van der Waals surface area contributed by atoms with Crippen molar-refractivity contribution in [1.82, 2.24) is 19.9 Å². The van der Waals surface area contributed by atoms with E-state index in [4.69, 9.17) is 0 Å². The maximum absolute atomic E-state index is 13.0. The molecule has 6 heteroatoms. The number of carbonyl (C=O) groups is 2. The van der Waals surface area contributed by atoms with Crippen LogP contribution in [-0.2, 0) is 21.7 Å². The van der Waals surface area contributed by atoms with Crippen molar-refractivity contribution in [3.05, 3.63) is 147 Å². The predicted octanol–water partition coefficient (Wildman–Crippen LogP) is 8.63. The number of rotatable bonds is 2. The molecule has 0 radical (unpaired) electrons. The summed E-state index contributed by atoms with van der Waals surface area (Å²) in [4.78, 5) is 41.3. The average molecular weight is 611 g/mol. The van der Waals surface area contributed by atoms with E-state index in [1.165, 1.54) is 0 Å². The van der Waals surface area contributed by atoms with E-state index in [0.717, 1.165) is 51.1 Å². The molecule has 1 aliphatic carbocycles. The standard InChI is InChI=1S/C40H42N4O2/c1-37(2)27-16-17-28(41-27)38(3,4)30-20-21-32(43-30)40(7,8)36-23(22-33(44-36)39(5,6)31-19-18-29(37)42-31)12-11-15-26-34(45)24-13-9-10-14-25(24)35(26)46/h9-22,41-44H,1-8H3/b12-11+. The van der Waals surface area contributed by atoms with Gasteiger partial charge in [0.05, 0.1) is 5.57 Å². The summed E-state index contributed by atoms with van der Waals surface area (Å²) in [5.41, 5.74) is 9.69. The highest BCUT2D eigenvalue weighted by Crippen LogP contribution is 2.42. The highest BCUT2D eigenvalue weighted by Gasteiger charge is 2.37. The number of carbonyl (C=O) groups excluding carboxylic acids is 2. The first-order valence-corrected chi connectivity index (χ1v) is 16.0. The Bertz CT molecular complexity index is 2060. The number of benzene rings is 1. The molecule has 1 aromatic carbocycles. The van der Waals surface area contributed by atoms with Gasteiger partial charge in [-0.3, -0.25) is 9.59 Å². The van der Waals surface area contributed by atoms with Gasteiger partial charge in [-0.15, -0.1) is 0 Å². The molecule has 46 heavy (non-hydrogen) atoms. The van der Waals surface area contributed by atoms with E-state index in [2.05, 4.69) is 118 Å². The molecule has 4 aromatic heterocycles. The zero-order valence-corrected chi connectivity index (χ0v) is 27.9. The lowest BCUT2D eigenvalue weighted by Crippen LogP contribution is -2.26. The molecule has 0 atom stereocenters. The van der Waals surface area contributed by atoms with Crippen LogP contribution in [0.15, 0.2) is 84.5 Å². The minimum absolute atomic E-state index is 0.199. The van der Waals surface area contributed by atoms with E-state index in [9.17, 15) is 9.59 Å². The summed E-state index contributed by atoms with van der Waals surface area (Å²) in [6, 6.07) is 22.4. The monoisotopic (exact) mass is 610 g/mol. The van der Waals surface area contributed by atoms with E-state index < -0.39 is 5.41 Å². The Balaban J connectivity index is 1.38. The number of fused-ring (bicyclic) bond motifs is 9. The summed E-state index contributed by atoms with van der Waals surface area (Å²) >= 11 is 0. The Morgan fingerprint density at radius 3 is 1.33 bits per heavy atom. The minimum Gasteiger partial charge on any atom is -0.361 e. The zero-order chi connectivity index (χ0) is 32.8. The Morgan fingerprint density at radius 1 is 0.500 bits per heavy atom. The fourth-order valence-corrected chi connectivity index (χ4v) is 7.07. The average Bonchev–Trinajstić information content (AvgIpc) is 3.85. The Kier molecular flexibility index (Phi) is 6.38. The fourth-order valence-electron chi connectivity index (χ4n) is 7.07. The Morgan fingerprint density at radius 2 is 0.891 bits per heavy atom. The number of hydrogen-bond acceptors (Lipinski definition) is 2. The summed E-state index contributed by atoms with van der Waals surface area (Å²) in [6.45, 7) is 17.9. The molecule has 1 aliphatic heterocycles. The van der Waals surface area contributed by atoms with Crippen LogP contribution in [0.4, 0.5) is 0 Å². The van der Waals surface area contributed by atoms with Crippen molar-refractivity contribution in [2.24, 2.45) is 0 Å². The van der Waals surface area contributed by atoms with Gasteiger partial charge in [-0.25, -0.2) is 0 Å². The minimum atomic E-state index is -0.425. The summed E-state index contributed by atoms with van der Waals surface area (Å²) in [6.07, 6.45) is 5.50. The quantitative estimate of drug-likeness (QED) is 0.119. The first-order chi connectivity index (χ1) is 21.6. The molecular formula is C40H42N4O2. The van der Waals surface area contributed by atoms with Crippen molar-refractivity contribution in [2.45, 2.75) is 77.0 Å². The number of aromatic amines is 4. The first kappa shape index (κ1) is 29.8. The molecule has 2 aliphatic rings. The smallest absolute Gasteiger partial charge is 0.197 e. The van der Waals surface area contributed by atoms with Crippen LogP contribution in [-0.4, -0.2) is 31.5 Å². The van der Waals surface area contributed by atoms with Crippen molar-refractivity contribution in [3.63, 3.8) is 0 Å². The maximum atomic E-state index is 13.0. The number of nitrogens with one attached hydrogen (secondary N) is 4. The molecule has 0 saturated carbocycles. The summed E-state index contributed by atoms with van der Waals surface area (Å²) < 4.78 is 0. The van der Waals surface area contributed by atoms with Gasteiger partial charge in [-0.2, -0.15) is 0 Å². The van der Waals surface area contributed by atoms with Crippen LogP contribution in [0.5, 0.6) is 0 Å². The highest BCUT2D eigenvalue weighted by atomic mass is 16.2. The lowest BCUT2D eigenvalue weighted by atomic mass is 9.83. The largest absolute Gasteiger partial charge is 0.361 e. The molecule has 5 aromatic rings. The number of hydrogen-bond donors (Lipinski definition) is 4. The third-order valence-corrected chi connectivity index (χ3v) is 10.7. The third kappa shape index (κ3) is 4.30. The lowest BCUT2D eigenvalue weighted by Gasteiger charge is -2.28. The Hall–Kier alpha value is -4.84. The molecule has 0 unspecified atom stereocenters. The molecule has 234 valence electrons. The molecule has 4 N–H and O–H groups in total. The topological polar surface area (TPSA) is 97.3 Å². The van der Waals surface area contributed by atoms with Crippen molar-refractivity contribution in [1.29, 1.82) is 0 Å². The van der Waals surface area contributed by atoms with Crippen LogP contribution in [0.2, 0.25) is 0 Å². The van der Waals surface area contributed by atoms with Gasteiger partial charge < -0.3 is 19.9 Å². The fraction of sp³-hybridized carbons (Fsp3) is 0.300. The van der Waals surface area contributed by atoms with Gasteiger partial charge in [-0.1, -0.05) is 36.4 Å². The number of allylic oxidation sites excluding steroid dienone is 3. The van der Waals surface area contributed by atoms with Gasteiger partial charge in [0.2, 0.25) is 0 Å². The van der Waals surface area contributed by atoms with Gasteiger partial charge in [-0.05, 0) is 109 Å². The van der Waals surface area contributed by atoms with Crippen molar-refractivity contribution < 1.29 is 9.59 Å². The number of H-pyrrole nitrogens is 4. The highest BCUT2D eigenvalue weighted by molar-refractivity contribution is 6.39. The Labute approximate surface area is 270 Å². The summed E-state index contributed by atoms with van der Waals surface area (Å²) in [5.74, 6) is -0.444. The predicted molar refractivity (Wildman–Crippen MR) is 184 cm³/mol. The zero-order valence-electron chi connectivity index (χ0n) is 27.9. The van der Waals surface area contributed by atoms with Crippen LogP contribution in [0.1, 0.15) is 127 Å². The van der Waals surface area contributed by atoms with Crippen molar-refractivity contribution >= 4 is 17.6 Å². The third-order valence-electron chi connectivity index (χ3n) is 10.7. The van der Waals surface area contributed by atoms with E-state index in [1.54, 1.807) is 30.3 Å². The molecule has 0 spiro atoms. The van der Waals surface area contributed by atoms with Crippen LogP contribution in [0.25, 0.3) is 6.08 Å². The summed E-state index contributed by atoms with van der Waals surface area (Å²) in [5, 5.41) is 0. The molecule has 5 heterocycles. The van der Waals surface area contributed by atoms with Crippen LogP contribution < -0.4 is 0 Å². The molecular weight excluding hydrogens is 568 g/mol. The van der Waals surface area contributed by atoms with Gasteiger partial charge in [0, 0.05) is 78.3 Å². The molecule has 0 saturated heterocycles. The molecule has 7 rings (SSSR count). The molecule has 6 nitrogen and oxygen atoms in total. The van der Waals surface area contributed by atoms with Crippen LogP contribution in [0, 0.1) is 0 Å². The number of ketones is 2. The van der Waals surface area contributed by atoms with Crippen LogP contribution >= 0.6 is 0 Å². The number of aromatic nitrogens is 4. The van der Waals surface area contributed by atoms with Gasteiger partial charge in [0.15, 0.2) is 11.6 Å². The summed E-state index contributed by atoms with van der Waals surface area (Å²) in [7, 11) is 0. The SMILES string of the molecule is CC1(C)c2ccc([nH]2)C(C)(C)c2ccc([nH]2)C(C)(C)c2[nH]c(cc2/C=C/C=C2C(=O)c3ccccc3C2=O)C(C)(C)c2ccc1[nH]2. The van der Waals surface area contributed by atoms with Crippen LogP contribution in [0.3, 0.4) is 0 Å². The molecule has 8 bridgehead atoms. The number of Topliss-reactive ketones (excluding diaryl/α,β-unsaturated/α-hetero) is 2. The molecule has 0 amide bonds. The second-order valence-corrected chi connectivity index (χ2v) is 15.0. The van der Waals surface area contributed by atoms with Gasteiger partial charge in [0.25, 0.3) is 0 Å².